The van der Waals surface area contributed by atoms with Gasteiger partial charge < -0.3 is 5.73 Å². The van der Waals surface area contributed by atoms with Crippen LogP contribution >= 0.6 is 0 Å². The van der Waals surface area contributed by atoms with Gasteiger partial charge in [0.2, 0.25) is 5.95 Å². The molecule has 2 atom stereocenters. The Balaban J connectivity index is 2.64. The molecule has 0 saturated heterocycles. The fraction of sp³-hybridized carbons (Fsp3) is 0.800. The van der Waals surface area contributed by atoms with Crippen LogP contribution in [-0.4, -0.2) is 35.9 Å². The molecule has 0 aliphatic rings. The molecule has 1 heterocycles. The standard InChI is InChI=1S/C5H11N5OS/c1-4(12(2)11)3-10-5(6)7-8-9-10/h4H,3H2,1-2H3,(H2,6,7,9). The lowest BCUT2D eigenvalue weighted by molar-refractivity contribution is 0.580. The highest BCUT2D eigenvalue weighted by Gasteiger charge is 2.09. The minimum atomic E-state index is -0.875. The number of nitrogens with two attached hydrogens (primary N) is 1. The van der Waals surface area contributed by atoms with Gasteiger partial charge in [0.05, 0.1) is 11.8 Å². The quantitative estimate of drug-likeness (QED) is 0.660. The van der Waals surface area contributed by atoms with Crippen LogP contribution in [0.15, 0.2) is 0 Å². The van der Waals surface area contributed by atoms with E-state index in [1.165, 1.54) is 4.68 Å². The fourth-order valence-electron chi connectivity index (χ4n) is 0.690. The molecule has 12 heavy (non-hydrogen) atoms. The second-order valence-electron chi connectivity index (χ2n) is 2.53. The highest BCUT2D eigenvalue weighted by molar-refractivity contribution is 7.84. The van der Waals surface area contributed by atoms with Crippen LogP contribution in [0.2, 0.25) is 0 Å². The third-order valence-electron chi connectivity index (χ3n) is 1.56. The normalized spacial score (nSPS) is 15.8. The monoisotopic (exact) mass is 189 g/mol. The smallest absolute Gasteiger partial charge is 0.240 e. The minimum Gasteiger partial charge on any atom is -0.367 e. The van der Waals surface area contributed by atoms with Gasteiger partial charge in [-0.3, -0.25) is 4.21 Å². The summed E-state index contributed by atoms with van der Waals surface area (Å²) in [6.45, 7) is 2.35. The van der Waals surface area contributed by atoms with E-state index in [1.807, 2.05) is 6.92 Å². The van der Waals surface area contributed by atoms with Crippen molar-refractivity contribution in [3.63, 3.8) is 0 Å². The minimum absolute atomic E-state index is 0.01000. The largest absolute Gasteiger partial charge is 0.367 e. The highest BCUT2D eigenvalue weighted by atomic mass is 32.2. The van der Waals surface area contributed by atoms with Crippen molar-refractivity contribution < 1.29 is 4.21 Å². The average Bonchev–Trinajstić information content (AvgIpc) is 2.36. The first-order chi connectivity index (χ1) is 5.61. The van der Waals surface area contributed by atoms with Crippen molar-refractivity contribution in [3.05, 3.63) is 0 Å². The number of rotatable bonds is 3. The van der Waals surface area contributed by atoms with Gasteiger partial charge in [-0.05, 0) is 17.4 Å². The molecule has 68 valence electrons. The van der Waals surface area contributed by atoms with Crippen molar-refractivity contribution in [3.8, 4) is 0 Å². The summed E-state index contributed by atoms with van der Waals surface area (Å²) < 4.78 is 12.4. The predicted molar refractivity (Wildman–Crippen MR) is 45.8 cm³/mol. The lowest BCUT2D eigenvalue weighted by Crippen LogP contribution is -2.19. The maximum Gasteiger partial charge on any atom is 0.240 e. The average molecular weight is 189 g/mol. The lowest BCUT2D eigenvalue weighted by Gasteiger charge is -2.06. The Morgan fingerprint density at radius 3 is 2.83 bits per heavy atom. The van der Waals surface area contributed by atoms with E-state index < -0.39 is 10.8 Å². The molecule has 0 bridgehead atoms. The molecule has 0 aliphatic carbocycles. The summed E-state index contributed by atoms with van der Waals surface area (Å²) in [5.41, 5.74) is 5.42. The van der Waals surface area contributed by atoms with Crippen molar-refractivity contribution >= 4 is 16.7 Å². The third kappa shape index (κ3) is 2.00. The zero-order chi connectivity index (χ0) is 9.14. The number of hydrogen-bond donors (Lipinski definition) is 1. The molecule has 1 aromatic rings. The van der Waals surface area contributed by atoms with Gasteiger partial charge in [0.15, 0.2) is 0 Å². The van der Waals surface area contributed by atoms with Crippen LogP contribution < -0.4 is 5.73 Å². The maximum atomic E-state index is 11.0. The molecule has 2 unspecified atom stereocenters. The molecule has 6 nitrogen and oxygen atoms in total. The maximum absolute atomic E-state index is 11.0. The van der Waals surface area contributed by atoms with Crippen molar-refractivity contribution in [2.24, 2.45) is 0 Å². The van der Waals surface area contributed by atoms with E-state index in [1.54, 1.807) is 6.26 Å². The zero-order valence-electron chi connectivity index (χ0n) is 6.97. The first-order valence-electron chi connectivity index (χ1n) is 3.45. The van der Waals surface area contributed by atoms with Gasteiger partial charge in [0.1, 0.15) is 0 Å². The molecule has 0 aromatic carbocycles. The first kappa shape index (κ1) is 9.11. The van der Waals surface area contributed by atoms with Crippen LogP contribution in [-0.2, 0) is 17.3 Å². The first-order valence-corrected chi connectivity index (χ1v) is 5.07. The summed E-state index contributed by atoms with van der Waals surface area (Å²) in [5.74, 6) is 0.257. The Labute approximate surface area is 72.6 Å². The Morgan fingerprint density at radius 2 is 2.42 bits per heavy atom. The lowest BCUT2D eigenvalue weighted by atomic mass is 10.5. The van der Waals surface area contributed by atoms with Crippen LogP contribution in [0.1, 0.15) is 6.92 Å². The predicted octanol–water partition coefficient (Wildman–Crippen LogP) is -0.978. The molecule has 0 radical (unpaired) electrons. The second kappa shape index (κ2) is 3.61. The molecular weight excluding hydrogens is 178 g/mol. The van der Waals surface area contributed by atoms with E-state index in [0.717, 1.165) is 0 Å². The van der Waals surface area contributed by atoms with E-state index in [2.05, 4.69) is 15.5 Å². The number of hydrogen-bond acceptors (Lipinski definition) is 5. The molecule has 1 aromatic heterocycles. The second-order valence-corrected chi connectivity index (χ2v) is 4.33. The summed E-state index contributed by atoms with van der Waals surface area (Å²) in [6.07, 6.45) is 1.64. The van der Waals surface area contributed by atoms with Crippen LogP contribution in [0.4, 0.5) is 5.95 Å². The molecule has 0 aliphatic heterocycles. The Kier molecular flexibility index (Phi) is 2.74. The van der Waals surface area contributed by atoms with Crippen molar-refractivity contribution in [1.29, 1.82) is 0 Å². The molecule has 0 saturated carbocycles. The van der Waals surface area contributed by atoms with Crippen LogP contribution in [0, 0.1) is 0 Å². The third-order valence-corrected chi connectivity index (χ3v) is 2.84. The van der Waals surface area contributed by atoms with E-state index in [0.29, 0.717) is 6.54 Å². The van der Waals surface area contributed by atoms with Gasteiger partial charge >= 0.3 is 0 Å². The van der Waals surface area contributed by atoms with Crippen LogP contribution in [0.3, 0.4) is 0 Å². The van der Waals surface area contributed by atoms with Crippen molar-refractivity contribution in [2.45, 2.75) is 18.7 Å². The Bertz CT molecular complexity index is 285. The SMILES string of the molecule is CC(Cn1nnnc1N)S(C)=O. The molecular formula is C5H11N5OS. The van der Waals surface area contributed by atoms with Crippen molar-refractivity contribution in [1.82, 2.24) is 20.2 Å². The zero-order valence-corrected chi connectivity index (χ0v) is 7.78. The summed E-state index contributed by atoms with van der Waals surface area (Å²) >= 11 is 0. The molecule has 0 fully saturated rings. The topological polar surface area (TPSA) is 86.7 Å². The van der Waals surface area contributed by atoms with Gasteiger partial charge in [0.25, 0.3) is 0 Å². The molecule has 0 spiro atoms. The van der Waals surface area contributed by atoms with E-state index in [-0.39, 0.29) is 11.2 Å². The summed E-state index contributed by atoms with van der Waals surface area (Å²) in [7, 11) is -0.875. The van der Waals surface area contributed by atoms with Gasteiger partial charge in [-0.15, -0.1) is 0 Å². The fourth-order valence-corrected chi connectivity index (χ4v) is 1.04. The van der Waals surface area contributed by atoms with E-state index in [9.17, 15) is 4.21 Å². The van der Waals surface area contributed by atoms with Gasteiger partial charge in [-0.2, -0.15) is 0 Å². The van der Waals surface area contributed by atoms with E-state index in [4.69, 9.17) is 5.73 Å². The highest BCUT2D eigenvalue weighted by Crippen LogP contribution is 1.99. The Hall–Kier alpha value is -0.980. The summed E-state index contributed by atoms with van der Waals surface area (Å²) in [4.78, 5) is 0. The number of nitrogens with zero attached hydrogens (tertiary/aromatic N) is 4. The molecule has 0 amide bonds. The van der Waals surface area contributed by atoms with E-state index >= 15 is 0 Å². The number of nitrogen functional groups attached to an aromatic ring is 1. The van der Waals surface area contributed by atoms with Gasteiger partial charge in [0, 0.05) is 17.1 Å². The summed E-state index contributed by atoms with van der Waals surface area (Å²) in [6, 6.07) is 0. The van der Waals surface area contributed by atoms with Gasteiger partial charge in [-0.1, -0.05) is 5.10 Å². The molecule has 7 heteroatoms. The van der Waals surface area contributed by atoms with Crippen LogP contribution in [0.5, 0.6) is 0 Å². The number of aromatic nitrogens is 4. The van der Waals surface area contributed by atoms with Crippen LogP contribution in [0.25, 0.3) is 0 Å². The number of anilines is 1. The molecule has 1 rings (SSSR count). The van der Waals surface area contributed by atoms with Crippen molar-refractivity contribution in [2.75, 3.05) is 12.0 Å². The summed E-state index contributed by atoms with van der Waals surface area (Å²) in [5, 5.41) is 10.5. The Morgan fingerprint density at radius 1 is 1.75 bits per heavy atom. The molecule has 2 N–H and O–H groups in total. The number of tetrazole rings is 1. The van der Waals surface area contributed by atoms with Gasteiger partial charge in [-0.25, -0.2) is 4.68 Å².